The van der Waals surface area contributed by atoms with Gasteiger partial charge in [0, 0.05) is 24.4 Å². The Balaban J connectivity index is 1.71. The van der Waals surface area contributed by atoms with Crippen molar-refractivity contribution in [3.63, 3.8) is 0 Å². The van der Waals surface area contributed by atoms with Gasteiger partial charge in [-0.1, -0.05) is 30.7 Å². The summed E-state index contributed by atoms with van der Waals surface area (Å²) < 4.78 is 38.2. The highest BCUT2D eigenvalue weighted by Gasteiger charge is 2.30. The van der Waals surface area contributed by atoms with E-state index in [1.54, 1.807) is 6.07 Å². The molecule has 0 bridgehead atoms. The highest BCUT2D eigenvalue weighted by molar-refractivity contribution is 5.29. The van der Waals surface area contributed by atoms with E-state index in [1.807, 2.05) is 18.3 Å². The minimum Gasteiger partial charge on any atom is -0.310 e. The first-order chi connectivity index (χ1) is 11.0. The van der Waals surface area contributed by atoms with Crippen LogP contribution in [0, 0.1) is 0 Å². The van der Waals surface area contributed by atoms with E-state index in [0.717, 1.165) is 30.3 Å². The topological polar surface area (TPSA) is 24.9 Å². The molecule has 1 saturated heterocycles. The van der Waals surface area contributed by atoms with Gasteiger partial charge >= 0.3 is 6.18 Å². The summed E-state index contributed by atoms with van der Waals surface area (Å²) in [6.07, 6.45) is 1.46. The van der Waals surface area contributed by atoms with E-state index in [1.165, 1.54) is 25.0 Å². The molecule has 1 unspecified atom stereocenters. The number of benzene rings is 1. The van der Waals surface area contributed by atoms with Crippen LogP contribution in [-0.2, 0) is 12.6 Å². The van der Waals surface area contributed by atoms with Gasteiger partial charge in [-0.2, -0.15) is 13.2 Å². The third-order valence-corrected chi connectivity index (χ3v) is 4.20. The van der Waals surface area contributed by atoms with Crippen LogP contribution in [0.1, 0.15) is 47.7 Å². The first-order valence-electron chi connectivity index (χ1n) is 7.87. The van der Waals surface area contributed by atoms with Gasteiger partial charge in [-0.25, -0.2) is 0 Å². The van der Waals surface area contributed by atoms with Crippen LogP contribution in [0.4, 0.5) is 13.2 Å². The minimum absolute atomic E-state index is 0.346. The van der Waals surface area contributed by atoms with E-state index in [-0.39, 0.29) is 0 Å². The molecule has 0 aliphatic carbocycles. The van der Waals surface area contributed by atoms with Gasteiger partial charge in [0.05, 0.1) is 5.56 Å². The molecule has 2 nitrogen and oxygen atoms in total. The fraction of sp³-hybridized carbons (Fsp3) is 0.389. The first kappa shape index (κ1) is 16.0. The maximum Gasteiger partial charge on any atom is 0.416 e. The van der Waals surface area contributed by atoms with E-state index >= 15 is 0 Å². The highest BCUT2D eigenvalue weighted by atomic mass is 19.4. The van der Waals surface area contributed by atoms with Crippen LogP contribution in [-0.4, -0.2) is 11.5 Å². The van der Waals surface area contributed by atoms with Gasteiger partial charge in [0.2, 0.25) is 0 Å². The normalized spacial score (nSPS) is 18.8. The van der Waals surface area contributed by atoms with Crippen molar-refractivity contribution in [1.29, 1.82) is 0 Å². The van der Waals surface area contributed by atoms with E-state index in [4.69, 9.17) is 0 Å². The molecule has 1 aliphatic rings. The van der Waals surface area contributed by atoms with Gasteiger partial charge in [0.25, 0.3) is 0 Å². The zero-order valence-corrected chi connectivity index (χ0v) is 12.7. The SMILES string of the molecule is FC(F)(F)c1cccc(Cc2ccc(C3CCCCN3)cn2)c1. The van der Waals surface area contributed by atoms with Gasteiger partial charge in [-0.3, -0.25) is 4.98 Å². The predicted octanol–water partition coefficient (Wildman–Crippen LogP) is 4.51. The quantitative estimate of drug-likeness (QED) is 0.900. The molecule has 1 N–H and O–H groups in total. The van der Waals surface area contributed by atoms with Crippen molar-refractivity contribution in [2.45, 2.75) is 37.9 Å². The van der Waals surface area contributed by atoms with E-state index in [0.29, 0.717) is 18.0 Å². The van der Waals surface area contributed by atoms with Crippen LogP contribution < -0.4 is 5.32 Å². The average Bonchev–Trinajstić information content (AvgIpc) is 2.56. The minimum atomic E-state index is -4.31. The lowest BCUT2D eigenvalue weighted by atomic mass is 9.98. The van der Waals surface area contributed by atoms with Crippen LogP contribution in [0.3, 0.4) is 0 Å². The summed E-state index contributed by atoms with van der Waals surface area (Å²) >= 11 is 0. The highest BCUT2D eigenvalue weighted by Crippen LogP contribution is 2.30. The molecule has 122 valence electrons. The molecule has 2 heterocycles. The molecule has 1 aromatic heterocycles. The van der Waals surface area contributed by atoms with Gasteiger partial charge in [0.1, 0.15) is 0 Å². The monoisotopic (exact) mass is 320 g/mol. The number of pyridine rings is 1. The lowest BCUT2D eigenvalue weighted by Gasteiger charge is -2.23. The van der Waals surface area contributed by atoms with Crippen LogP contribution in [0.15, 0.2) is 42.6 Å². The molecule has 5 heteroatoms. The van der Waals surface area contributed by atoms with Gasteiger partial charge < -0.3 is 5.32 Å². The van der Waals surface area contributed by atoms with E-state index < -0.39 is 11.7 Å². The third kappa shape index (κ3) is 4.10. The standard InChI is InChI=1S/C18H19F3N2/c19-18(20,21)15-5-3-4-13(10-15)11-16-8-7-14(12-23-16)17-6-1-2-9-22-17/h3-5,7-8,10,12,17,22H,1-2,6,9,11H2. The molecule has 1 aliphatic heterocycles. The summed E-state index contributed by atoms with van der Waals surface area (Å²) in [4.78, 5) is 4.42. The molecule has 0 radical (unpaired) electrons. The summed E-state index contributed by atoms with van der Waals surface area (Å²) in [6, 6.07) is 9.71. The number of aromatic nitrogens is 1. The molecule has 23 heavy (non-hydrogen) atoms. The van der Waals surface area contributed by atoms with Crippen LogP contribution in [0.5, 0.6) is 0 Å². The van der Waals surface area contributed by atoms with Gasteiger partial charge in [-0.05, 0) is 42.6 Å². The third-order valence-electron chi connectivity index (χ3n) is 4.20. The molecule has 2 aromatic rings. The van der Waals surface area contributed by atoms with E-state index in [2.05, 4.69) is 10.3 Å². The van der Waals surface area contributed by atoms with Gasteiger partial charge in [-0.15, -0.1) is 0 Å². The molecule has 1 aromatic carbocycles. The average molecular weight is 320 g/mol. The number of alkyl halides is 3. The Hall–Kier alpha value is -1.88. The maximum absolute atomic E-state index is 12.7. The Morgan fingerprint density at radius 1 is 1.13 bits per heavy atom. The Morgan fingerprint density at radius 3 is 2.65 bits per heavy atom. The Morgan fingerprint density at radius 2 is 2.00 bits per heavy atom. The van der Waals surface area contributed by atoms with Crippen molar-refractivity contribution >= 4 is 0 Å². The second-order valence-corrected chi connectivity index (χ2v) is 5.96. The predicted molar refractivity (Wildman–Crippen MR) is 83.1 cm³/mol. The Kier molecular flexibility index (Phi) is 4.66. The Bertz CT molecular complexity index is 644. The van der Waals surface area contributed by atoms with Crippen LogP contribution >= 0.6 is 0 Å². The lowest BCUT2D eigenvalue weighted by Crippen LogP contribution is -2.26. The van der Waals surface area contributed by atoms with Crippen molar-refractivity contribution in [2.75, 3.05) is 6.54 Å². The van der Waals surface area contributed by atoms with E-state index in [9.17, 15) is 13.2 Å². The second kappa shape index (κ2) is 6.71. The van der Waals surface area contributed by atoms with Crippen molar-refractivity contribution < 1.29 is 13.2 Å². The number of halogens is 3. The smallest absolute Gasteiger partial charge is 0.310 e. The zero-order valence-electron chi connectivity index (χ0n) is 12.7. The van der Waals surface area contributed by atoms with Crippen molar-refractivity contribution in [1.82, 2.24) is 10.3 Å². The largest absolute Gasteiger partial charge is 0.416 e. The fourth-order valence-electron chi connectivity index (χ4n) is 2.95. The number of hydrogen-bond acceptors (Lipinski definition) is 2. The summed E-state index contributed by atoms with van der Waals surface area (Å²) in [5.74, 6) is 0. The molecular weight excluding hydrogens is 301 g/mol. The number of hydrogen-bond donors (Lipinski definition) is 1. The van der Waals surface area contributed by atoms with Gasteiger partial charge in [0.15, 0.2) is 0 Å². The maximum atomic E-state index is 12.7. The molecule has 0 amide bonds. The molecule has 0 spiro atoms. The number of nitrogens with zero attached hydrogens (tertiary/aromatic N) is 1. The van der Waals surface area contributed by atoms with Crippen molar-refractivity contribution in [2.24, 2.45) is 0 Å². The number of nitrogens with one attached hydrogen (secondary N) is 1. The second-order valence-electron chi connectivity index (χ2n) is 5.96. The first-order valence-corrected chi connectivity index (χ1v) is 7.87. The molecule has 1 atom stereocenters. The van der Waals surface area contributed by atoms with Crippen molar-refractivity contribution in [3.05, 3.63) is 65.0 Å². The zero-order chi connectivity index (χ0) is 16.3. The van der Waals surface area contributed by atoms with Crippen LogP contribution in [0.25, 0.3) is 0 Å². The Labute approximate surface area is 133 Å². The molecule has 3 rings (SSSR count). The number of piperidine rings is 1. The molecular formula is C18H19F3N2. The number of rotatable bonds is 3. The molecule has 0 saturated carbocycles. The summed E-state index contributed by atoms with van der Waals surface area (Å²) in [5, 5.41) is 3.46. The van der Waals surface area contributed by atoms with Crippen molar-refractivity contribution in [3.8, 4) is 0 Å². The van der Waals surface area contributed by atoms with Crippen LogP contribution in [0.2, 0.25) is 0 Å². The fourth-order valence-corrected chi connectivity index (χ4v) is 2.95. The lowest BCUT2D eigenvalue weighted by molar-refractivity contribution is -0.137. The molecule has 1 fully saturated rings. The summed E-state index contributed by atoms with van der Waals surface area (Å²) in [7, 11) is 0. The summed E-state index contributed by atoms with van der Waals surface area (Å²) in [6.45, 7) is 1.02. The summed E-state index contributed by atoms with van der Waals surface area (Å²) in [5.41, 5.74) is 1.94.